The fraction of sp³-hybridized carbons (Fsp3) is 0.588. The lowest BCUT2D eigenvalue weighted by molar-refractivity contribution is 0.610. The molecule has 25 heavy (non-hydrogen) atoms. The van der Waals surface area contributed by atoms with Crippen molar-refractivity contribution in [2.24, 2.45) is 12.0 Å². The van der Waals surface area contributed by atoms with Crippen LogP contribution in [0.2, 0.25) is 0 Å². The third-order valence-corrected chi connectivity index (χ3v) is 5.44. The molecule has 138 valence electrons. The minimum absolute atomic E-state index is 0. The molecule has 0 atom stereocenters. The molecule has 1 aliphatic carbocycles. The molecule has 2 aromatic heterocycles. The van der Waals surface area contributed by atoms with Crippen LogP contribution in [0.15, 0.2) is 22.5 Å². The maximum absolute atomic E-state index is 4.72. The van der Waals surface area contributed by atoms with Crippen molar-refractivity contribution in [3.05, 3.63) is 34.0 Å². The summed E-state index contributed by atoms with van der Waals surface area (Å²) >= 11 is 1.80. The van der Waals surface area contributed by atoms with Crippen LogP contribution in [0, 0.1) is 6.92 Å². The quantitative estimate of drug-likeness (QED) is 0.384. The average Bonchev–Trinajstić information content (AvgIpc) is 3.31. The summed E-state index contributed by atoms with van der Waals surface area (Å²) in [7, 11) is 1.98. The van der Waals surface area contributed by atoms with Gasteiger partial charge in [0.1, 0.15) is 12.4 Å². The molecule has 0 amide bonds. The average molecular weight is 474 g/mol. The fourth-order valence-corrected chi connectivity index (χ4v) is 3.62. The van der Waals surface area contributed by atoms with Gasteiger partial charge in [0, 0.05) is 24.5 Å². The van der Waals surface area contributed by atoms with Gasteiger partial charge in [0.25, 0.3) is 0 Å². The Morgan fingerprint density at radius 2 is 2.16 bits per heavy atom. The molecule has 2 aromatic rings. The standard InChI is InChI=1S/C17H26N6S.HI/c1-13-21-22-16(23(13)2)12-19-17(20-14-6-3-4-7-14)18-10-9-15-8-5-11-24-15;/h5,8,11,14H,3-4,6-7,9-10,12H2,1-2H3,(H2,18,19,20);1H. The number of aliphatic imine (C=N–C) groups is 1. The van der Waals surface area contributed by atoms with Crippen LogP contribution < -0.4 is 10.6 Å². The van der Waals surface area contributed by atoms with Gasteiger partial charge in [-0.15, -0.1) is 45.5 Å². The molecule has 0 saturated heterocycles. The van der Waals surface area contributed by atoms with E-state index in [0.717, 1.165) is 30.6 Å². The van der Waals surface area contributed by atoms with Crippen LogP contribution in [0.3, 0.4) is 0 Å². The molecule has 1 saturated carbocycles. The van der Waals surface area contributed by atoms with Gasteiger partial charge in [0.05, 0.1) is 0 Å². The van der Waals surface area contributed by atoms with Crippen LogP contribution in [-0.2, 0) is 20.0 Å². The van der Waals surface area contributed by atoms with Gasteiger partial charge in [-0.3, -0.25) is 0 Å². The molecular weight excluding hydrogens is 447 g/mol. The van der Waals surface area contributed by atoms with E-state index in [0.29, 0.717) is 12.6 Å². The van der Waals surface area contributed by atoms with Gasteiger partial charge in [-0.25, -0.2) is 4.99 Å². The van der Waals surface area contributed by atoms with E-state index in [9.17, 15) is 0 Å². The topological polar surface area (TPSA) is 67.1 Å². The molecule has 0 unspecified atom stereocenters. The lowest BCUT2D eigenvalue weighted by Crippen LogP contribution is -2.43. The molecule has 0 bridgehead atoms. The Labute approximate surface area is 170 Å². The summed E-state index contributed by atoms with van der Waals surface area (Å²) in [4.78, 5) is 6.12. The van der Waals surface area contributed by atoms with Gasteiger partial charge in [-0.05, 0) is 37.6 Å². The Kier molecular flexibility index (Phi) is 8.14. The maximum Gasteiger partial charge on any atom is 0.191 e. The fourth-order valence-electron chi connectivity index (χ4n) is 2.91. The van der Waals surface area contributed by atoms with Crippen LogP contribution in [0.1, 0.15) is 42.2 Å². The van der Waals surface area contributed by atoms with E-state index in [1.54, 1.807) is 11.3 Å². The number of aryl methyl sites for hydroxylation is 1. The zero-order valence-electron chi connectivity index (χ0n) is 14.9. The number of nitrogens with zero attached hydrogens (tertiary/aromatic N) is 4. The van der Waals surface area contributed by atoms with E-state index < -0.39 is 0 Å². The molecular formula is C17H27IN6S. The second kappa shape index (κ2) is 10.1. The summed E-state index contributed by atoms with van der Waals surface area (Å²) < 4.78 is 1.99. The summed E-state index contributed by atoms with van der Waals surface area (Å²) in [6.45, 7) is 3.38. The van der Waals surface area contributed by atoms with Gasteiger partial charge in [0.2, 0.25) is 0 Å². The third-order valence-electron chi connectivity index (χ3n) is 4.50. The zero-order valence-corrected chi connectivity index (χ0v) is 18.0. The van der Waals surface area contributed by atoms with Crippen molar-refractivity contribution in [1.82, 2.24) is 25.4 Å². The van der Waals surface area contributed by atoms with Crippen molar-refractivity contribution >= 4 is 41.3 Å². The van der Waals surface area contributed by atoms with E-state index in [4.69, 9.17) is 4.99 Å². The first kappa shape index (κ1) is 20.2. The number of halogens is 1. The Bertz CT molecular complexity index is 661. The minimum Gasteiger partial charge on any atom is -0.356 e. The number of hydrogen-bond donors (Lipinski definition) is 2. The molecule has 1 aliphatic rings. The van der Waals surface area contributed by atoms with Crippen LogP contribution >= 0.6 is 35.3 Å². The smallest absolute Gasteiger partial charge is 0.191 e. The zero-order chi connectivity index (χ0) is 16.8. The molecule has 0 radical (unpaired) electrons. The lowest BCUT2D eigenvalue weighted by atomic mass is 10.2. The summed E-state index contributed by atoms with van der Waals surface area (Å²) in [5.41, 5.74) is 0. The van der Waals surface area contributed by atoms with Crippen molar-refractivity contribution in [2.45, 2.75) is 51.6 Å². The van der Waals surface area contributed by atoms with E-state index in [1.165, 1.54) is 30.6 Å². The predicted octanol–water partition coefficient (Wildman–Crippen LogP) is 3.02. The highest BCUT2D eigenvalue weighted by molar-refractivity contribution is 14.0. The normalized spacial score (nSPS) is 15.2. The summed E-state index contributed by atoms with van der Waals surface area (Å²) in [5, 5.41) is 17.5. The summed E-state index contributed by atoms with van der Waals surface area (Å²) in [6.07, 6.45) is 6.10. The maximum atomic E-state index is 4.72. The van der Waals surface area contributed by atoms with Gasteiger partial charge in [-0.2, -0.15) is 0 Å². The molecule has 0 spiro atoms. The van der Waals surface area contributed by atoms with Gasteiger partial charge in [-0.1, -0.05) is 18.9 Å². The Balaban J connectivity index is 0.00000225. The summed E-state index contributed by atoms with van der Waals surface area (Å²) in [5.74, 6) is 2.69. The summed E-state index contributed by atoms with van der Waals surface area (Å²) in [6, 6.07) is 4.82. The number of guanidine groups is 1. The van der Waals surface area contributed by atoms with Gasteiger partial charge >= 0.3 is 0 Å². The van der Waals surface area contributed by atoms with E-state index in [1.807, 2.05) is 18.5 Å². The van der Waals surface area contributed by atoms with Crippen molar-refractivity contribution in [2.75, 3.05) is 6.54 Å². The predicted molar refractivity (Wildman–Crippen MR) is 114 cm³/mol. The van der Waals surface area contributed by atoms with Crippen LogP contribution in [0.4, 0.5) is 0 Å². The van der Waals surface area contributed by atoms with Gasteiger partial charge in [0.15, 0.2) is 11.8 Å². The monoisotopic (exact) mass is 474 g/mol. The van der Waals surface area contributed by atoms with E-state index in [2.05, 4.69) is 38.3 Å². The third kappa shape index (κ3) is 5.95. The number of aromatic nitrogens is 3. The Hall–Kier alpha value is -1.16. The lowest BCUT2D eigenvalue weighted by Gasteiger charge is -2.17. The molecule has 6 nitrogen and oxygen atoms in total. The molecule has 3 rings (SSSR count). The molecule has 8 heteroatoms. The number of hydrogen-bond acceptors (Lipinski definition) is 4. The largest absolute Gasteiger partial charge is 0.356 e. The molecule has 0 aliphatic heterocycles. The Morgan fingerprint density at radius 3 is 2.80 bits per heavy atom. The van der Waals surface area contributed by atoms with Crippen molar-refractivity contribution < 1.29 is 0 Å². The first-order chi connectivity index (χ1) is 11.7. The van der Waals surface area contributed by atoms with E-state index in [-0.39, 0.29) is 24.0 Å². The highest BCUT2D eigenvalue weighted by atomic mass is 127. The number of rotatable bonds is 6. The SMILES string of the molecule is Cc1nnc(CN=C(NCCc2cccs2)NC2CCCC2)n1C.I. The minimum atomic E-state index is 0. The first-order valence-electron chi connectivity index (χ1n) is 8.64. The Morgan fingerprint density at radius 1 is 1.36 bits per heavy atom. The van der Waals surface area contributed by atoms with E-state index >= 15 is 0 Å². The van der Waals surface area contributed by atoms with Crippen LogP contribution in [0.5, 0.6) is 0 Å². The second-order valence-electron chi connectivity index (χ2n) is 6.27. The highest BCUT2D eigenvalue weighted by Gasteiger charge is 2.16. The van der Waals surface area contributed by atoms with Crippen molar-refractivity contribution in [3.8, 4) is 0 Å². The number of thiophene rings is 1. The van der Waals surface area contributed by atoms with Crippen LogP contribution in [0.25, 0.3) is 0 Å². The first-order valence-corrected chi connectivity index (χ1v) is 9.52. The molecule has 2 heterocycles. The molecule has 0 aromatic carbocycles. The molecule has 1 fully saturated rings. The number of nitrogens with one attached hydrogen (secondary N) is 2. The van der Waals surface area contributed by atoms with Crippen molar-refractivity contribution in [1.29, 1.82) is 0 Å². The van der Waals surface area contributed by atoms with Crippen molar-refractivity contribution in [3.63, 3.8) is 0 Å². The van der Waals surface area contributed by atoms with Gasteiger partial charge < -0.3 is 15.2 Å². The van der Waals surface area contributed by atoms with Crippen LogP contribution in [-0.4, -0.2) is 33.3 Å². The second-order valence-corrected chi connectivity index (χ2v) is 7.30. The molecule has 2 N–H and O–H groups in total. The highest BCUT2D eigenvalue weighted by Crippen LogP contribution is 2.17.